The summed E-state index contributed by atoms with van der Waals surface area (Å²) in [6.45, 7) is 3.30. The fourth-order valence-electron chi connectivity index (χ4n) is 0.232. The summed E-state index contributed by atoms with van der Waals surface area (Å²) in [5.74, 6) is -0.266. The van der Waals surface area contributed by atoms with Gasteiger partial charge in [0.05, 0.1) is 0 Å². The fraction of sp³-hybridized carbons (Fsp3) is 0.600. The third-order valence-electron chi connectivity index (χ3n) is 0.546. The number of hydrogen-bond donors (Lipinski definition) is 0. The molecule has 0 heterocycles. The van der Waals surface area contributed by atoms with Crippen LogP contribution in [0.15, 0.2) is 0 Å². The van der Waals surface area contributed by atoms with Gasteiger partial charge in [-0.05, 0) is 12.2 Å². The predicted octanol–water partition coefficient (Wildman–Crippen LogP) is 1.29. The molecule has 0 saturated carbocycles. The molecule has 0 atom stereocenters. The zero-order valence-corrected chi connectivity index (χ0v) is 5.75. The number of ether oxygens (including phenoxy) is 1. The van der Waals surface area contributed by atoms with Gasteiger partial charge in [-0.1, -0.05) is 6.92 Å². The molecule has 0 aliphatic heterocycles. The van der Waals surface area contributed by atoms with Crippen molar-refractivity contribution in [3.05, 3.63) is 0 Å². The number of rotatable bonds is 1. The number of carbonyl (C=O) groups is 1. The molecule has 0 N–H and O–H groups in total. The molecular formula is C5H8O2S. The minimum atomic E-state index is -0.266. The molecule has 0 aromatic heterocycles. The molecule has 0 rings (SSSR count). The number of carbonyl (C=O) groups excluding carboxylic acids is 1. The van der Waals surface area contributed by atoms with Crippen LogP contribution < -0.4 is 0 Å². The van der Waals surface area contributed by atoms with Crippen molar-refractivity contribution < 1.29 is 9.53 Å². The Hall–Kier alpha value is -0.440. The number of esters is 1. The van der Waals surface area contributed by atoms with Crippen molar-refractivity contribution in [3.63, 3.8) is 0 Å². The maximum atomic E-state index is 10.3. The monoisotopic (exact) mass is 132 g/mol. The van der Waals surface area contributed by atoms with Crippen LogP contribution in [0.5, 0.6) is 0 Å². The number of hydrogen-bond acceptors (Lipinski definition) is 3. The quantitative estimate of drug-likeness (QED) is 0.397. The smallest absolute Gasteiger partial charge is 0.311 e. The first kappa shape index (κ1) is 7.56. The van der Waals surface area contributed by atoms with E-state index in [9.17, 15) is 4.79 Å². The van der Waals surface area contributed by atoms with E-state index in [2.05, 4.69) is 17.0 Å². The highest BCUT2D eigenvalue weighted by atomic mass is 32.1. The highest BCUT2D eigenvalue weighted by Gasteiger charge is 1.96. The van der Waals surface area contributed by atoms with Crippen LogP contribution in [0.3, 0.4) is 0 Å². The lowest BCUT2D eigenvalue weighted by Gasteiger charge is -1.95. The van der Waals surface area contributed by atoms with Gasteiger partial charge < -0.3 is 4.74 Å². The average molecular weight is 132 g/mol. The van der Waals surface area contributed by atoms with Crippen molar-refractivity contribution in [1.29, 1.82) is 0 Å². The van der Waals surface area contributed by atoms with E-state index in [1.165, 1.54) is 0 Å². The molecule has 0 amide bonds. The topological polar surface area (TPSA) is 26.3 Å². The Kier molecular flexibility index (Phi) is 3.35. The standard InChI is InChI=1S/C5H8O2S/c1-3-5(6)7-4(2)8/h3H2,1-2H3. The third-order valence-corrected chi connectivity index (χ3v) is 0.630. The lowest BCUT2D eigenvalue weighted by molar-refractivity contribution is -0.134. The van der Waals surface area contributed by atoms with Gasteiger partial charge in [0.25, 0.3) is 0 Å². The lowest BCUT2D eigenvalue weighted by Crippen LogP contribution is -2.04. The maximum absolute atomic E-state index is 10.3. The first-order valence-electron chi connectivity index (χ1n) is 2.38. The van der Waals surface area contributed by atoms with Crippen molar-refractivity contribution in [1.82, 2.24) is 0 Å². The molecule has 0 saturated heterocycles. The van der Waals surface area contributed by atoms with Gasteiger partial charge in [0, 0.05) is 13.3 Å². The van der Waals surface area contributed by atoms with Gasteiger partial charge in [0.15, 0.2) is 5.05 Å². The van der Waals surface area contributed by atoms with Crippen LogP contribution in [-0.4, -0.2) is 11.0 Å². The summed E-state index contributed by atoms with van der Waals surface area (Å²) in [5, 5.41) is 0.289. The number of thiocarbonyl (C=S) groups is 1. The van der Waals surface area contributed by atoms with E-state index in [0.717, 1.165) is 0 Å². The second-order valence-electron chi connectivity index (χ2n) is 1.32. The van der Waals surface area contributed by atoms with E-state index >= 15 is 0 Å². The van der Waals surface area contributed by atoms with Gasteiger partial charge >= 0.3 is 5.97 Å². The summed E-state index contributed by atoms with van der Waals surface area (Å²) in [7, 11) is 0. The highest BCUT2D eigenvalue weighted by molar-refractivity contribution is 7.80. The van der Waals surface area contributed by atoms with E-state index in [0.29, 0.717) is 6.42 Å². The summed E-state index contributed by atoms with van der Waals surface area (Å²) in [5.41, 5.74) is 0. The van der Waals surface area contributed by atoms with Crippen molar-refractivity contribution in [2.75, 3.05) is 0 Å². The molecule has 0 aromatic rings. The average Bonchev–Trinajstić information content (AvgIpc) is 1.65. The van der Waals surface area contributed by atoms with Crippen molar-refractivity contribution in [3.8, 4) is 0 Å². The fourth-order valence-corrected chi connectivity index (χ4v) is 0.325. The Morgan fingerprint density at radius 2 is 2.25 bits per heavy atom. The summed E-state index contributed by atoms with van der Waals surface area (Å²) in [4.78, 5) is 10.3. The summed E-state index contributed by atoms with van der Waals surface area (Å²) >= 11 is 4.49. The van der Waals surface area contributed by atoms with E-state index in [4.69, 9.17) is 0 Å². The molecule has 0 spiro atoms. The molecule has 0 aliphatic rings. The second kappa shape index (κ2) is 3.55. The molecule has 0 bridgehead atoms. The van der Waals surface area contributed by atoms with Crippen molar-refractivity contribution in [2.45, 2.75) is 20.3 Å². The van der Waals surface area contributed by atoms with Crippen LogP contribution in [0.4, 0.5) is 0 Å². The molecule has 46 valence electrons. The zero-order chi connectivity index (χ0) is 6.57. The summed E-state index contributed by atoms with van der Waals surface area (Å²) < 4.78 is 4.49. The van der Waals surface area contributed by atoms with Crippen molar-refractivity contribution >= 4 is 23.2 Å². The van der Waals surface area contributed by atoms with Crippen molar-refractivity contribution in [2.24, 2.45) is 0 Å². The SMILES string of the molecule is CCC(=O)OC(C)=S. The Balaban J connectivity index is 3.40. The van der Waals surface area contributed by atoms with Gasteiger partial charge in [-0.2, -0.15) is 0 Å². The van der Waals surface area contributed by atoms with Gasteiger partial charge in [-0.3, -0.25) is 4.79 Å². The Bertz CT molecular complexity index is 109. The molecule has 0 aliphatic carbocycles. The first-order valence-corrected chi connectivity index (χ1v) is 2.79. The predicted molar refractivity (Wildman–Crippen MR) is 34.7 cm³/mol. The molecule has 3 heteroatoms. The van der Waals surface area contributed by atoms with Crippen LogP contribution in [0.1, 0.15) is 20.3 Å². The first-order chi connectivity index (χ1) is 3.66. The highest BCUT2D eigenvalue weighted by Crippen LogP contribution is 1.85. The van der Waals surface area contributed by atoms with Gasteiger partial charge in [-0.15, -0.1) is 0 Å². The minimum absolute atomic E-state index is 0.266. The van der Waals surface area contributed by atoms with Gasteiger partial charge in [0.2, 0.25) is 0 Å². The molecule has 0 aromatic carbocycles. The molecule has 0 radical (unpaired) electrons. The molecule has 8 heavy (non-hydrogen) atoms. The molecular weight excluding hydrogens is 124 g/mol. The maximum Gasteiger partial charge on any atom is 0.311 e. The molecule has 0 fully saturated rings. The van der Waals surface area contributed by atoms with Crippen LogP contribution in [-0.2, 0) is 9.53 Å². The van der Waals surface area contributed by atoms with Crippen LogP contribution >= 0.6 is 12.2 Å². The van der Waals surface area contributed by atoms with Gasteiger partial charge in [0.1, 0.15) is 0 Å². The van der Waals surface area contributed by atoms with E-state index in [1.54, 1.807) is 13.8 Å². The summed E-state index contributed by atoms with van der Waals surface area (Å²) in [6, 6.07) is 0. The Morgan fingerprint density at radius 3 is 2.38 bits per heavy atom. The lowest BCUT2D eigenvalue weighted by atomic mass is 10.5. The normalized spacial score (nSPS) is 8.25. The zero-order valence-electron chi connectivity index (χ0n) is 4.93. The molecule has 0 unspecified atom stereocenters. The Morgan fingerprint density at radius 1 is 1.75 bits per heavy atom. The largest absolute Gasteiger partial charge is 0.419 e. The van der Waals surface area contributed by atoms with E-state index in [-0.39, 0.29) is 11.0 Å². The second-order valence-corrected chi connectivity index (χ2v) is 1.89. The van der Waals surface area contributed by atoms with E-state index < -0.39 is 0 Å². The summed E-state index contributed by atoms with van der Waals surface area (Å²) in [6.07, 6.45) is 0.383. The van der Waals surface area contributed by atoms with E-state index in [1.807, 2.05) is 0 Å². The van der Waals surface area contributed by atoms with Gasteiger partial charge in [-0.25, -0.2) is 0 Å². The van der Waals surface area contributed by atoms with Crippen LogP contribution in [0.25, 0.3) is 0 Å². The molecule has 2 nitrogen and oxygen atoms in total. The third kappa shape index (κ3) is 3.74. The Labute approximate surface area is 53.8 Å². The van der Waals surface area contributed by atoms with Crippen LogP contribution in [0, 0.1) is 0 Å². The minimum Gasteiger partial charge on any atom is -0.419 e. The van der Waals surface area contributed by atoms with Crippen LogP contribution in [0.2, 0.25) is 0 Å².